The summed E-state index contributed by atoms with van der Waals surface area (Å²) in [4.78, 5) is 11.1. The number of carbonyl (C=O) groups is 1. The van der Waals surface area contributed by atoms with E-state index in [0.717, 1.165) is 5.41 Å². The van der Waals surface area contributed by atoms with E-state index in [4.69, 9.17) is 14.6 Å². The van der Waals surface area contributed by atoms with Crippen LogP contribution in [0.15, 0.2) is 47.9 Å². The van der Waals surface area contributed by atoms with Crippen LogP contribution in [0.3, 0.4) is 0 Å². The molecule has 0 bridgehead atoms. The topological polar surface area (TPSA) is 102 Å². The van der Waals surface area contributed by atoms with Gasteiger partial charge in [0.2, 0.25) is 6.79 Å². The maximum atomic E-state index is 12.1. The summed E-state index contributed by atoms with van der Waals surface area (Å²) in [5.74, 6) is -0.0738. The number of sulfonamides is 1. The van der Waals surface area contributed by atoms with Crippen molar-refractivity contribution in [2.75, 3.05) is 11.5 Å². The molecule has 7 nitrogen and oxygen atoms in total. The summed E-state index contributed by atoms with van der Waals surface area (Å²) in [6.07, 6.45) is 1.38. The van der Waals surface area contributed by atoms with Crippen LogP contribution in [0, 0.1) is 0 Å². The molecule has 2 aromatic rings. The third-order valence-corrected chi connectivity index (χ3v) is 4.24. The number of fused-ring (bicyclic) bond motifs is 1. The number of carboxylic acid groups (broad SMARTS) is 1. The van der Waals surface area contributed by atoms with Gasteiger partial charge >= 0.3 is 5.97 Å². The predicted molar refractivity (Wildman–Crippen MR) is 87.5 cm³/mol. The van der Waals surface area contributed by atoms with Gasteiger partial charge in [0.1, 0.15) is 0 Å². The van der Waals surface area contributed by atoms with E-state index in [1.807, 2.05) is 0 Å². The van der Waals surface area contributed by atoms with E-state index in [-0.39, 0.29) is 18.0 Å². The Morgan fingerprint density at radius 3 is 2.67 bits per heavy atom. The number of hydrogen-bond donors (Lipinski definition) is 2. The number of carboxylic acids is 1. The lowest BCUT2D eigenvalue weighted by Gasteiger charge is -2.07. The van der Waals surface area contributed by atoms with E-state index in [2.05, 4.69) is 4.72 Å². The summed E-state index contributed by atoms with van der Waals surface area (Å²) in [7, 11) is -3.87. The van der Waals surface area contributed by atoms with Crippen LogP contribution in [0.5, 0.6) is 11.5 Å². The predicted octanol–water partition coefficient (Wildman–Crippen LogP) is 2.53. The zero-order chi connectivity index (χ0) is 17.2. The van der Waals surface area contributed by atoms with Gasteiger partial charge in [-0.05, 0) is 35.9 Å². The van der Waals surface area contributed by atoms with Crippen LogP contribution in [0.25, 0.3) is 6.08 Å². The third kappa shape index (κ3) is 3.49. The normalized spacial score (nSPS) is 13.2. The van der Waals surface area contributed by atoms with Gasteiger partial charge in [-0.25, -0.2) is 13.2 Å². The van der Waals surface area contributed by atoms with Gasteiger partial charge in [-0.3, -0.25) is 4.72 Å². The molecule has 8 heteroatoms. The number of anilines is 1. The maximum absolute atomic E-state index is 12.1. The fourth-order valence-electron chi connectivity index (χ4n) is 2.13. The highest BCUT2D eigenvalue weighted by Gasteiger charge is 2.15. The molecule has 0 spiro atoms. The Hall–Kier alpha value is -3.00. The van der Waals surface area contributed by atoms with E-state index in [1.165, 1.54) is 24.3 Å². The van der Waals surface area contributed by atoms with Crippen LogP contribution in [0.4, 0.5) is 5.69 Å². The van der Waals surface area contributed by atoms with Gasteiger partial charge < -0.3 is 14.6 Å². The van der Waals surface area contributed by atoms with E-state index < -0.39 is 16.0 Å². The second-order valence-corrected chi connectivity index (χ2v) is 6.48. The minimum atomic E-state index is -3.87. The van der Waals surface area contributed by atoms with Gasteiger partial charge in [0.05, 0.1) is 16.7 Å². The monoisotopic (exact) mass is 347 g/mol. The number of benzene rings is 2. The lowest BCUT2D eigenvalue weighted by Crippen LogP contribution is -2.12. The van der Waals surface area contributed by atoms with Gasteiger partial charge in [-0.2, -0.15) is 0 Å². The fourth-order valence-corrected chi connectivity index (χ4v) is 3.02. The molecule has 0 atom stereocenters. The molecular weight excluding hydrogens is 334 g/mol. The van der Waals surface area contributed by atoms with Gasteiger partial charge in [-0.1, -0.05) is 18.2 Å². The summed E-state index contributed by atoms with van der Waals surface area (Å²) in [5.41, 5.74) is 0.481. The van der Waals surface area contributed by atoms with Gasteiger partial charge in [0, 0.05) is 0 Å². The van der Waals surface area contributed by atoms with Crippen molar-refractivity contribution in [2.45, 2.75) is 0 Å². The fraction of sp³-hybridized carbons (Fsp3) is 0.0625. The summed E-state index contributed by atoms with van der Waals surface area (Å²) >= 11 is 0. The summed E-state index contributed by atoms with van der Waals surface area (Å²) in [6.45, 7) is 0.133. The summed E-state index contributed by atoms with van der Waals surface area (Å²) in [6, 6.07) is 10.8. The molecule has 0 aromatic heterocycles. The molecular formula is C16H13NO6S. The number of aromatic carboxylic acids is 1. The standard InChI is InChI=1S/C16H13NO6S/c18-16(19)12-3-1-2-4-13(12)17-24(20,21)8-7-11-5-6-14-15(9-11)23-10-22-14/h1-9,17H,10H2,(H,18,19). The number of hydrogen-bond acceptors (Lipinski definition) is 5. The molecule has 0 aliphatic carbocycles. The first-order chi connectivity index (χ1) is 11.4. The minimum Gasteiger partial charge on any atom is -0.478 e. The van der Waals surface area contributed by atoms with Crippen molar-refractivity contribution in [2.24, 2.45) is 0 Å². The van der Waals surface area contributed by atoms with Gasteiger partial charge in [-0.15, -0.1) is 0 Å². The number of nitrogens with one attached hydrogen (secondary N) is 1. The molecule has 3 rings (SSSR count). The molecule has 0 amide bonds. The molecule has 1 aliphatic rings. The highest BCUT2D eigenvalue weighted by molar-refractivity contribution is 7.95. The number of ether oxygens (including phenoxy) is 2. The molecule has 0 unspecified atom stereocenters. The Morgan fingerprint density at radius 1 is 1.12 bits per heavy atom. The quantitative estimate of drug-likeness (QED) is 0.862. The molecule has 24 heavy (non-hydrogen) atoms. The van der Waals surface area contributed by atoms with Crippen LogP contribution in [-0.4, -0.2) is 26.3 Å². The van der Waals surface area contributed by atoms with Crippen molar-refractivity contribution in [1.29, 1.82) is 0 Å². The Kier molecular flexibility index (Phi) is 4.13. The first-order valence-corrected chi connectivity index (χ1v) is 8.42. The maximum Gasteiger partial charge on any atom is 0.337 e. The molecule has 1 aliphatic heterocycles. The highest BCUT2D eigenvalue weighted by Crippen LogP contribution is 2.32. The van der Waals surface area contributed by atoms with E-state index in [9.17, 15) is 13.2 Å². The van der Waals surface area contributed by atoms with E-state index in [0.29, 0.717) is 17.1 Å². The van der Waals surface area contributed by atoms with Crippen molar-refractivity contribution in [1.82, 2.24) is 0 Å². The minimum absolute atomic E-state index is 0.000312. The lowest BCUT2D eigenvalue weighted by molar-refractivity contribution is 0.0698. The zero-order valence-corrected chi connectivity index (χ0v) is 13.1. The Balaban J connectivity index is 1.80. The third-order valence-electron chi connectivity index (χ3n) is 3.25. The van der Waals surface area contributed by atoms with Crippen LogP contribution in [0.1, 0.15) is 15.9 Å². The molecule has 2 N–H and O–H groups in total. The average Bonchev–Trinajstić information content (AvgIpc) is 3.00. The van der Waals surface area contributed by atoms with Crippen LogP contribution >= 0.6 is 0 Å². The number of para-hydroxylation sites is 1. The molecule has 1 heterocycles. The second-order valence-electron chi connectivity index (χ2n) is 4.91. The smallest absolute Gasteiger partial charge is 0.337 e. The Morgan fingerprint density at radius 2 is 1.88 bits per heavy atom. The Bertz CT molecular complexity index is 920. The van der Waals surface area contributed by atoms with E-state index >= 15 is 0 Å². The van der Waals surface area contributed by atoms with Crippen molar-refractivity contribution in [3.8, 4) is 11.5 Å². The first-order valence-electron chi connectivity index (χ1n) is 6.87. The molecule has 0 saturated heterocycles. The average molecular weight is 347 g/mol. The lowest BCUT2D eigenvalue weighted by atomic mass is 10.2. The van der Waals surface area contributed by atoms with Crippen molar-refractivity contribution in [3.63, 3.8) is 0 Å². The van der Waals surface area contributed by atoms with Crippen molar-refractivity contribution < 1.29 is 27.8 Å². The largest absolute Gasteiger partial charge is 0.478 e. The molecule has 0 saturated carbocycles. The first kappa shape index (κ1) is 15.9. The molecule has 2 aromatic carbocycles. The van der Waals surface area contributed by atoms with Crippen molar-refractivity contribution >= 4 is 27.8 Å². The van der Waals surface area contributed by atoms with Crippen LogP contribution in [0.2, 0.25) is 0 Å². The second kappa shape index (κ2) is 6.25. The molecule has 124 valence electrons. The Labute approximate surface area is 138 Å². The van der Waals surface area contributed by atoms with Gasteiger partial charge in [0.25, 0.3) is 10.0 Å². The SMILES string of the molecule is O=C(O)c1ccccc1NS(=O)(=O)C=Cc1ccc2c(c1)OCO2. The summed E-state index contributed by atoms with van der Waals surface area (Å²) < 4.78 is 36.9. The van der Waals surface area contributed by atoms with Crippen molar-refractivity contribution in [3.05, 3.63) is 59.0 Å². The van der Waals surface area contributed by atoms with Crippen LogP contribution < -0.4 is 14.2 Å². The highest BCUT2D eigenvalue weighted by atomic mass is 32.2. The number of rotatable bonds is 5. The van der Waals surface area contributed by atoms with E-state index in [1.54, 1.807) is 24.3 Å². The van der Waals surface area contributed by atoms with Crippen LogP contribution in [-0.2, 0) is 10.0 Å². The molecule has 0 radical (unpaired) electrons. The summed E-state index contributed by atoms with van der Waals surface area (Å²) in [5, 5.41) is 10.0. The zero-order valence-electron chi connectivity index (χ0n) is 12.3. The van der Waals surface area contributed by atoms with Gasteiger partial charge in [0.15, 0.2) is 11.5 Å². The molecule has 0 fully saturated rings.